The highest BCUT2D eigenvalue weighted by molar-refractivity contribution is 7.57. The maximum Gasteiger partial charge on any atom is 0.329 e. The van der Waals surface area contributed by atoms with Gasteiger partial charge in [0.25, 0.3) is 11.7 Å². The summed E-state index contributed by atoms with van der Waals surface area (Å²) in [6.45, 7) is 15.9. The van der Waals surface area contributed by atoms with Crippen molar-refractivity contribution in [2.45, 2.75) is 180 Å². The molecule has 1 aliphatic carbocycles. The number of methoxy groups -OCH3 is 3. The minimum atomic E-state index is -2.79. The van der Waals surface area contributed by atoms with E-state index in [2.05, 4.69) is 0 Å². The van der Waals surface area contributed by atoms with Gasteiger partial charge >= 0.3 is 5.97 Å². The predicted octanol–water partition coefficient (Wildman–Crippen LogP) is 7.74. The van der Waals surface area contributed by atoms with Crippen molar-refractivity contribution in [1.29, 1.82) is 0 Å². The Morgan fingerprint density at radius 1 is 0.855 bits per heavy atom. The maximum absolute atomic E-state index is 14.5. The highest BCUT2D eigenvalue weighted by Gasteiger charge is 2.53. The van der Waals surface area contributed by atoms with Crippen molar-refractivity contribution in [3.63, 3.8) is 0 Å². The summed E-state index contributed by atoms with van der Waals surface area (Å²) in [7, 11) is 1.76. The highest BCUT2D eigenvalue weighted by atomic mass is 31.2. The second-order valence-electron chi connectivity index (χ2n) is 20.9. The van der Waals surface area contributed by atoms with E-state index in [4.69, 9.17) is 28.2 Å². The molecule has 69 heavy (non-hydrogen) atoms. The fraction of sp³-hybridized carbons (Fsp3) is 0.755. The lowest BCUT2D eigenvalue weighted by Gasteiger charge is -2.42. The SMILES string of the molecule is CO[C@H]1C[C@@H]2CC[C@@H](C)[C@@](O)(O2)C(=O)C(=O)N2CCCC[C@H]2C(=O)OC([C@H](C)C[C@@H]2CC[C@@H](OP(C)(C)=O)[C@H](OC)C2)CC(=O)[C@H](C)/C=C(/C)[C@@H](O)[C@@H](OC)C(=O)[C@H](C)C[C@H](C)/C=C/C=CC=C1C. The van der Waals surface area contributed by atoms with E-state index < -0.39 is 85.1 Å². The average Bonchev–Trinajstić information content (AvgIpc) is 3.30. The molecule has 15 atom stereocenters. The van der Waals surface area contributed by atoms with Gasteiger partial charge < -0.3 is 43.3 Å². The van der Waals surface area contributed by atoms with E-state index in [0.717, 1.165) is 12.0 Å². The van der Waals surface area contributed by atoms with Crippen molar-refractivity contribution in [3.8, 4) is 0 Å². The summed E-state index contributed by atoms with van der Waals surface area (Å²) < 4.78 is 48.2. The van der Waals surface area contributed by atoms with Crippen molar-refractivity contribution in [2.75, 3.05) is 41.2 Å². The minimum Gasteiger partial charge on any atom is -0.460 e. The molecule has 16 heteroatoms. The summed E-state index contributed by atoms with van der Waals surface area (Å²) >= 11 is 0. The number of fused-ring (bicyclic) bond motifs is 3. The first-order valence-electron chi connectivity index (χ1n) is 25.2. The molecule has 2 saturated heterocycles. The Morgan fingerprint density at radius 3 is 2.22 bits per heavy atom. The number of carbonyl (C=O) groups is 5. The smallest absolute Gasteiger partial charge is 0.329 e. The zero-order valence-electron chi connectivity index (χ0n) is 43.4. The van der Waals surface area contributed by atoms with Gasteiger partial charge in [-0.2, -0.15) is 0 Å². The Kier molecular flexibility index (Phi) is 22.5. The lowest BCUT2D eigenvalue weighted by atomic mass is 9.78. The number of ketones is 3. The quantitative estimate of drug-likeness (QED) is 0.104. The number of allylic oxidation sites excluding steroid dienone is 6. The zero-order valence-corrected chi connectivity index (χ0v) is 44.3. The van der Waals surface area contributed by atoms with E-state index in [1.54, 1.807) is 54.4 Å². The lowest BCUT2D eigenvalue weighted by Crippen LogP contribution is -2.61. The van der Waals surface area contributed by atoms with E-state index in [9.17, 15) is 38.8 Å². The number of carbonyl (C=O) groups excluding carboxylic acids is 5. The van der Waals surface area contributed by atoms with Crippen LogP contribution in [0.1, 0.15) is 126 Å². The van der Waals surface area contributed by atoms with Crippen LogP contribution in [0.3, 0.4) is 0 Å². The number of hydrogen-bond donors (Lipinski definition) is 2. The van der Waals surface area contributed by atoms with E-state index in [1.807, 2.05) is 58.1 Å². The number of Topliss-reactive ketones (excluding diaryl/α,β-unsaturated/α-hetero) is 3. The van der Waals surface area contributed by atoms with Crippen LogP contribution in [0, 0.1) is 35.5 Å². The Morgan fingerprint density at radius 2 is 1.57 bits per heavy atom. The molecule has 3 aliphatic heterocycles. The molecule has 3 fully saturated rings. The van der Waals surface area contributed by atoms with Gasteiger partial charge in [-0.1, -0.05) is 71.1 Å². The van der Waals surface area contributed by atoms with Crippen LogP contribution < -0.4 is 0 Å². The number of hydrogen-bond acceptors (Lipinski definition) is 14. The molecular formula is C53H84NO14P. The molecule has 4 aliphatic rings. The van der Waals surface area contributed by atoms with Crippen LogP contribution in [0.2, 0.25) is 0 Å². The van der Waals surface area contributed by atoms with E-state index in [0.29, 0.717) is 63.4 Å². The summed E-state index contributed by atoms with van der Waals surface area (Å²) in [6.07, 6.45) is 11.4. The van der Waals surface area contributed by atoms with Gasteiger partial charge in [0.05, 0.1) is 24.4 Å². The number of aliphatic hydroxyl groups is 2. The lowest BCUT2D eigenvalue weighted by molar-refractivity contribution is -0.265. The Hall–Kier alpha value is -3.14. The van der Waals surface area contributed by atoms with Gasteiger partial charge in [-0.05, 0) is 107 Å². The van der Waals surface area contributed by atoms with Crippen LogP contribution in [0.25, 0.3) is 0 Å². The Balaban J connectivity index is 1.70. The average molecular weight is 990 g/mol. The van der Waals surface area contributed by atoms with Crippen LogP contribution >= 0.6 is 7.37 Å². The van der Waals surface area contributed by atoms with Gasteiger partial charge in [-0.25, -0.2) is 4.79 Å². The van der Waals surface area contributed by atoms with Gasteiger partial charge in [0, 0.05) is 71.8 Å². The fourth-order valence-corrected chi connectivity index (χ4v) is 11.4. The zero-order chi connectivity index (χ0) is 51.4. The number of piperidine rings is 1. The van der Waals surface area contributed by atoms with Crippen molar-refractivity contribution in [1.82, 2.24) is 4.90 Å². The number of nitrogens with zero attached hydrogens (tertiary/aromatic N) is 1. The van der Waals surface area contributed by atoms with E-state index >= 15 is 0 Å². The molecule has 1 saturated carbocycles. The predicted molar refractivity (Wildman–Crippen MR) is 263 cm³/mol. The summed E-state index contributed by atoms with van der Waals surface area (Å²) in [4.78, 5) is 72.2. The second-order valence-corrected chi connectivity index (χ2v) is 23.6. The molecule has 1 unspecified atom stereocenters. The molecule has 0 aromatic heterocycles. The second kappa shape index (κ2) is 26.5. The maximum atomic E-state index is 14.5. The third-order valence-electron chi connectivity index (χ3n) is 14.8. The summed E-state index contributed by atoms with van der Waals surface area (Å²) in [5, 5.41) is 23.5. The van der Waals surface area contributed by atoms with Gasteiger partial charge in [0.1, 0.15) is 30.1 Å². The molecule has 0 aromatic rings. The molecule has 0 spiro atoms. The molecule has 0 radical (unpaired) electrons. The fourth-order valence-electron chi connectivity index (χ4n) is 10.5. The third-order valence-corrected chi connectivity index (χ3v) is 15.6. The number of esters is 1. The van der Waals surface area contributed by atoms with Crippen LogP contribution in [0.5, 0.6) is 0 Å². The molecule has 3 heterocycles. The number of aliphatic hydroxyl groups excluding tert-OH is 1. The summed E-state index contributed by atoms with van der Waals surface area (Å²) in [6, 6.07) is -1.16. The number of cyclic esters (lactones) is 1. The van der Waals surface area contributed by atoms with E-state index in [-0.39, 0.29) is 60.9 Å². The molecule has 15 nitrogen and oxygen atoms in total. The van der Waals surface area contributed by atoms with Gasteiger partial charge in [-0.3, -0.25) is 23.7 Å². The van der Waals surface area contributed by atoms with Crippen molar-refractivity contribution in [3.05, 3.63) is 47.6 Å². The van der Waals surface area contributed by atoms with Gasteiger partial charge in [-0.15, -0.1) is 0 Å². The molecule has 1 amide bonds. The molecule has 390 valence electrons. The van der Waals surface area contributed by atoms with Crippen LogP contribution in [-0.2, 0) is 56.7 Å². The first-order valence-corrected chi connectivity index (χ1v) is 27.7. The largest absolute Gasteiger partial charge is 0.460 e. The number of amides is 1. The number of rotatable bonds is 8. The molecule has 2 N–H and O–H groups in total. The Bertz CT molecular complexity index is 1940. The highest BCUT2D eigenvalue weighted by Crippen LogP contribution is 2.45. The van der Waals surface area contributed by atoms with Crippen LogP contribution in [-0.4, -0.2) is 140 Å². The summed E-state index contributed by atoms with van der Waals surface area (Å²) in [5.41, 5.74) is 1.25. The standard InChI is InChI=1S/C53H84NO14P/c1-32-18-14-13-15-19-33(2)44(63-8)30-40-23-21-38(7)53(61,67-40)50(58)51(59)54-25-17-16-20-41(54)52(60)66-45(35(4)28-39-22-24-43(46(29-39)64-9)68-69(11,12)62)31-42(55)34(3)27-37(6)48(57)49(65-10)47(56)36(5)26-32/h13-15,18-19,27,32,34-36,38-41,43-46,48-49,57,61H,16-17,20-26,28-31H2,1-12H3/b15-13?,18-14+,33-19?,37-27-/t32-,34-,35-,36-,38-,39+,40+,41+,43-,44+,45?,46-,48-,49+,53-/m1/s1. The van der Waals surface area contributed by atoms with Gasteiger partial charge in [0.15, 0.2) is 13.2 Å². The van der Waals surface area contributed by atoms with Crippen molar-refractivity contribution in [2.24, 2.45) is 35.5 Å². The summed E-state index contributed by atoms with van der Waals surface area (Å²) in [5.74, 6) is -8.11. The van der Waals surface area contributed by atoms with Crippen LogP contribution in [0.4, 0.5) is 0 Å². The van der Waals surface area contributed by atoms with E-state index in [1.165, 1.54) is 12.0 Å². The molecule has 0 aromatic carbocycles. The molecule has 4 rings (SSSR count). The topological polar surface area (TPSA) is 201 Å². The van der Waals surface area contributed by atoms with Crippen LogP contribution in [0.15, 0.2) is 47.6 Å². The first kappa shape index (κ1) is 58.4. The van der Waals surface area contributed by atoms with Crippen molar-refractivity contribution < 1.29 is 67.0 Å². The Labute approximate surface area is 411 Å². The normalized spacial score (nSPS) is 37.8. The first-order chi connectivity index (χ1) is 32.4. The molecular weight excluding hydrogens is 906 g/mol. The van der Waals surface area contributed by atoms with Crippen molar-refractivity contribution >= 4 is 36.6 Å². The van der Waals surface area contributed by atoms with Gasteiger partial charge in [0.2, 0.25) is 5.79 Å². The molecule has 2 bridgehead atoms. The number of ether oxygens (including phenoxy) is 5. The minimum absolute atomic E-state index is 0.0117. The third kappa shape index (κ3) is 16.2. The monoisotopic (exact) mass is 990 g/mol.